The van der Waals surface area contributed by atoms with Crippen LogP contribution in [-0.4, -0.2) is 31.4 Å². The molecule has 0 saturated heterocycles. The van der Waals surface area contributed by atoms with Gasteiger partial charge in [0.25, 0.3) is 0 Å². The number of hydrogen-bond acceptors (Lipinski definition) is 5. The molecule has 0 aliphatic rings. The van der Waals surface area contributed by atoms with Crippen LogP contribution in [0.4, 0.5) is 0 Å². The summed E-state index contributed by atoms with van der Waals surface area (Å²) in [4.78, 5) is 11.7. The standard InChI is InChI=1S/C18H28N2O4/c1-4-5-6-7-8-9-10-17(21)20-19-13-14-11-15(23-2)18(22)16(12-14)24-3/h11-13,22H,4-10H2,1-3H3,(H,20,21)/b19-13+. The fraction of sp³-hybridized carbons (Fsp3) is 0.556. The Labute approximate surface area is 143 Å². The van der Waals surface area contributed by atoms with Gasteiger partial charge in [0, 0.05) is 12.0 Å². The number of hydrogen-bond donors (Lipinski definition) is 2. The highest BCUT2D eigenvalue weighted by molar-refractivity contribution is 5.84. The number of carbonyl (C=O) groups is 1. The summed E-state index contributed by atoms with van der Waals surface area (Å²) >= 11 is 0. The topological polar surface area (TPSA) is 80.2 Å². The molecule has 2 N–H and O–H groups in total. The zero-order valence-corrected chi connectivity index (χ0v) is 14.8. The lowest BCUT2D eigenvalue weighted by atomic mass is 10.1. The zero-order valence-electron chi connectivity index (χ0n) is 14.8. The molecule has 0 heterocycles. The number of methoxy groups -OCH3 is 2. The second kappa shape index (κ2) is 11.3. The maximum absolute atomic E-state index is 11.7. The van der Waals surface area contributed by atoms with Gasteiger partial charge in [0.05, 0.1) is 20.4 Å². The molecule has 1 amide bonds. The summed E-state index contributed by atoms with van der Waals surface area (Å²) in [6, 6.07) is 3.22. The van der Waals surface area contributed by atoms with Crippen molar-refractivity contribution in [1.29, 1.82) is 0 Å². The minimum absolute atomic E-state index is 0.0655. The minimum Gasteiger partial charge on any atom is -0.502 e. The van der Waals surface area contributed by atoms with Crippen molar-refractivity contribution >= 4 is 12.1 Å². The summed E-state index contributed by atoms with van der Waals surface area (Å²) < 4.78 is 10.1. The van der Waals surface area contributed by atoms with Crippen LogP contribution in [0.5, 0.6) is 17.2 Å². The molecular weight excluding hydrogens is 308 g/mol. The number of aromatic hydroxyl groups is 1. The van der Waals surface area contributed by atoms with Gasteiger partial charge < -0.3 is 14.6 Å². The van der Waals surface area contributed by atoms with Crippen LogP contribution in [0.25, 0.3) is 0 Å². The number of carbonyl (C=O) groups excluding carboxylic acids is 1. The molecule has 0 atom stereocenters. The fourth-order valence-electron chi connectivity index (χ4n) is 2.29. The van der Waals surface area contributed by atoms with E-state index >= 15 is 0 Å². The van der Waals surface area contributed by atoms with Crippen LogP contribution in [0.3, 0.4) is 0 Å². The van der Waals surface area contributed by atoms with Crippen LogP contribution in [0.1, 0.15) is 57.4 Å². The Balaban J connectivity index is 2.42. The number of hydrazone groups is 1. The first-order chi connectivity index (χ1) is 11.6. The second-order valence-corrected chi connectivity index (χ2v) is 5.58. The Morgan fingerprint density at radius 2 is 1.71 bits per heavy atom. The van der Waals surface area contributed by atoms with Gasteiger partial charge in [-0.15, -0.1) is 0 Å². The molecular formula is C18H28N2O4. The molecule has 134 valence electrons. The average Bonchev–Trinajstić information content (AvgIpc) is 2.59. The molecule has 0 aliphatic heterocycles. The van der Waals surface area contributed by atoms with E-state index in [4.69, 9.17) is 9.47 Å². The van der Waals surface area contributed by atoms with Crippen LogP contribution >= 0.6 is 0 Å². The molecule has 1 aromatic rings. The molecule has 0 spiro atoms. The average molecular weight is 336 g/mol. The zero-order chi connectivity index (χ0) is 17.8. The van der Waals surface area contributed by atoms with E-state index in [1.54, 1.807) is 12.1 Å². The molecule has 0 bridgehead atoms. The smallest absolute Gasteiger partial charge is 0.240 e. The van der Waals surface area contributed by atoms with E-state index in [1.807, 2.05) is 0 Å². The Morgan fingerprint density at radius 3 is 2.29 bits per heavy atom. The molecule has 6 nitrogen and oxygen atoms in total. The molecule has 0 aromatic heterocycles. The third-order valence-corrected chi connectivity index (χ3v) is 3.66. The number of phenols is 1. The Kier molecular flexibility index (Phi) is 9.34. The Hall–Kier alpha value is -2.24. The number of nitrogens with one attached hydrogen (secondary N) is 1. The normalized spacial score (nSPS) is 10.8. The molecule has 0 aliphatic carbocycles. The SMILES string of the molecule is CCCCCCCCC(=O)N/N=C/c1cc(OC)c(O)c(OC)c1. The van der Waals surface area contributed by atoms with Gasteiger partial charge in [-0.2, -0.15) is 5.10 Å². The molecule has 24 heavy (non-hydrogen) atoms. The van der Waals surface area contributed by atoms with Crippen LogP contribution in [0.2, 0.25) is 0 Å². The second-order valence-electron chi connectivity index (χ2n) is 5.58. The number of amides is 1. The van der Waals surface area contributed by atoms with E-state index in [2.05, 4.69) is 17.5 Å². The first-order valence-corrected chi connectivity index (χ1v) is 8.39. The van der Waals surface area contributed by atoms with Crippen molar-refractivity contribution < 1.29 is 19.4 Å². The Bertz CT molecular complexity index is 519. The van der Waals surface area contributed by atoms with Gasteiger partial charge in [-0.3, -0.25) is 4.79 Å². The number of unbranched alkanes of at least 4 members (excludes halogenated alkanes) is 5. The van der Waals surface area contributed by atoms with Crippen LogP contribution in [-0.2, 0) is 4.79 Å². The highest BCUT2D eigenvalue weighted by atomic mass is 16.5. The number of rotatable bonds is 11. The van der Waals surface area contributed by atoms with Crippen molar-refractivity contribution in [2.24, 2.45) is 5.10 Å². The predicted molar refractivity (Wildman–Crippen MR) is 94.9 cm³/mol. The van der Waals surface area contributed by atoms with Gasteiger partial charge in [0.15, 0.2) is 11.5 Å². The van der Waals surface area contributed by atoms with E-state index in [0.29, 0.717) is 12.0 Å². The third kappa shape index (κ3) is 6.89. The van der Waals surface area contributed by atoms with Crippen LogP contribution < -0.4 is 14.9 Å². The predicted octanol–water partition coefficient (Wildman–Crippen LogP) is 3.61. The van der Waals surface area contributed by atoms with Crippen molar-refractivity contribution in [2.75, 3.05) is 14.2 Å². The van der Waals surface area contributed by atoms with Gasteiger partial charge in [-0.25, -0.2) is 5.43 Å². The molecule has 0 unspecified atom stereocenters. The lowest BCUT2D eigenvalue weighted by Gasteiger charge is -2.09. The van der Waals surface area contributed by atoms with Crippen molar-refractivity contribution in [2.45, 2.75) is 51.9 Å². The van der Waals surface area contributed by atoms with Crippen LogP contribution in [0.15, 0.2) is 17.2 Å². The molecule has 0 saturated carbocycles. The van der Waals surface area contributed by atoms with Gasteiger partial charge in [0.1, 0.15) is 0 Å². The maximum Gasteiger partial charge on any atom is 0.240 e. The van der Waals surface area contributed by atoms with Gasteiger partial charge in [-0.05, 0) is 18.6 Å². The summed E-state index contributed by atoms with van der Waals surface area (Å²) in [7, 11) is 2.91. The van der Waals surface area contributed by atoms with E-state index in [0.717, 1.165) is 12.8 Å². The molecule has 1 aromatic carbocycles. The van der Waals surface area contributed by atoms with Crippen molar-refractivity contribution in [3.8, 4) is 17.2 Å². The summed E-state index contributed by atoms with van der Waals surface area (Å²) in [5.41, 5.74) is 3.16. The first kappa shape index (κ1) is 19.8. The quantitative estimate of drug-likeness (QED) is 0.367. The third-order valence-electron chi connectivity index (χ3n) is 3.66. The maximum atomic E-state index is 11.7. The lowest BCUT2D eigenvalue weighted by molar-refractivity contribution is -0.121. The first-order valence-electron chi connectivity index (χ1n) is 8.39. The van der Waals surface area contributed by atoms with E-state index in [1.165, 1.54) is 46.1 Å². The summed E-state index contributed by atoms with van der Waals surface area (Å²) in [6.45, 7) is 2.19. The fourth-order valence-corrected chi connectivity index (χ4v) is 2.29. The van der Waals surface area contributed by atoms with Crippen LogP contribution in [0, 0.1) is 0 Å². The molecule has 0 radical (unpaired) electrons. The Morgan fingerprint density at radius 1 is 1.12 bits per heavy atom. The van der Waals surface area contributed by atoms with Crippen molar-refractivity contribution in [1.82, 2.24) is 5.43 Å². The number of nitrogens with zero attached hydrogens (tertiary/aromatic N) is 1. The van der Waals surface area contributed by atoms with Gasteiger partial charge in [0.2, 0.25) is 11.7 Å². The van der Waals surface area contributed by atoms with E-state index in [9.17, 15) is 9.90 Å². The summed E-state index contributed by atoms with van der Waals surface area (Å²) in [5.74, 6) is 0.409. The number of benzene rings is 1. The number of ether oxygens (including phenoxy) is 2. The monoisotopic (exact) mass is 336 g/mol. The largest absolute Gasteiger partial charge is 0.502 e. The molecule has 1 rings (SSSR count). The molecule has 0 fully saturated rings. The van der Waals surface area contributed by atoms with Gasteiger partial charge in [-0.1, -0.05) is 39.0 Å². The summed E-state index contributed by atoms with van der Waals surface area (Å²) in [6.07, 6.45) is 8.82. The van der Waals surface area contributed by atoms with Crippen molar-refractivity contribution in [3.63, 3.8) is 0 Å². The van der Waals surface area contributed by atoms with Gasteiger partial charge >= 0.3 is 0 Å². The number of phenolic OH excluding ortho intramolecular Hbond substituents is 1. The summed E-state index contributed by atoms with van der Waals surface area (Å²) in [5, 5.41) is 13.8. The molecule has 6 heteroatoms. The lowest BCUT2D eigenvalue weighted by Crippen LogP contribution is -2.16. The minimum atomic E-state index is -0.0977. The van der Waals surface area contributed by atoms with Crippen molar-refractivity contribution in [3.05, 3.63) is 17.7 Å². The van der Waals surface area contributed by atoms with E-state index < -0.39 is 0 Å². The highest BCUT2D eigenvalue weighted by Crippen LogP contribution is 2.36. The highest BCUT2D eigenvalue weighted by Gasteiger charge is 2.10. The van der Waals surface area contributed by atoms with E-state index in [-0.39, 0.29) is 23.2 Å².